The van der Waals surface area contributed by atoms with E-state index in [4.69, 9.17) is 0 Å². The van der Waals surface area contributed by atoms with Crippen LogP contribution in [0.3, 0.4) is 0 Å². The first-order chi connectivity index (χ1) is 16.2. The lowest BCUT2D eigenvalue weighted by Crippen LogP contribution is -2.47. The molecule has 8 nitrogen and oxygen atoms in total. The second-order valence-corrected chi connectivity index (χ2v) is 10.2. The van der Waals surface area contributed by atoms with E-state index in [0.717, 1.165) is 16.7 Å². The first-order valence-electron chi connectivity index (χ1n) is 10.8. The number of benzene rings is 1. The second-order valence-electron chi connectivity index (χ2n) is 8.26. The fourth-order valence-corrected chi connectivity index (χ4v) is 5.30. The van der Waals surface area contributed by atoms with E-state index < -0.39 is 21.9 Å². The van der Waals surface area contributed by atoms with Gasteiger partial charge in [-0.2, -0.15) is 0 Å². The van der Waals surface area contributed by atoms with Crippen molar-refractivity contribution in [1.82, 2.24) is 19.4 Å². The van der Waals surface area contributed by atoms with Gasteiger partial charge in [0.15, 0.2) is 9.84 Å². The first kappa shape index (κ1) is 23.4. The van der Waals surface area contributed by atoms with Crippen molar-refractivity contribution in [2.75, 3.05) is 12.8 Å². The normalized spacial score (nSPS) is 17.3. The molecule has 1 aromatic carbocycles. The van der Waals surface area contributed by atoms with Gasteiger partial charge < -0.3 is 14.4 Å². The number of carbonyl (C=O) groups is 2. The van der Waals surface area contributed by atoms with E-state index in [2.05, 4.69) is 4.98 Å². The van der Waals surface area contributed by atoms with Crippen molar-refractivity contribution in [3.8, 4) is 5.69 Å². The Labute approximate surface area is 199 Å². The van der Waals surface area contributed by atoms with E-state index in [0.29, 0.717) is 5.56 Å². The molecule has 0 bridgehead atoms. The molecule has 0 fully saturated rings. The third kappa shape index (κ3) is 5.09. The minimum Gasteiger partial charge on any atom is -0.330 e. The molecule has 1 aliphatic heterocycles. The molecule has 2 unspecified atom stereocenters. The van der Waals surface area contributed by atoms with Crippen molar-refractivity contribution in [3.63, 3.8) is 0 Å². The van der Waals surface area contributed by atoms with Gasteiger partial charge in [-0.1, -0.05) is 12.1 Å². The third-order valence-corrected chi connectivity index (χ3v) is 7.30. The molecule has 0 spiro atoms. The molecule has 34 heavy (non-hydrogen) atoms. The summed E-state index contributed by atoms with van der Waals surface area (Å²) >= 11 is 0. The van der Waals surface area contributed by atoms with Crippen LogP contribution in [0.4, 0.5) is 0 Å². The number of rotatable bonds is 7. The Morgan fingerprint density at radius 2 is 1.74 bits per heavy atom. The number of nitrogens with zero attached hydrogens (tertiary/aromatic N) is 4. The molecule has 0 aliphatic carbocycles. The van der Waals surface area contributed by atoms with Crippen LogP contribution in [-0.2, 0) is 26.0 Å². The molecule has 0 N–H and O–H groups in total. The van der Waals surface area contributed by atoms with Crippen LogP contribution in [0.15, 0.2) is 84.8 Å². The Kier molecular flexibility index (Phi) is 6.65. The van der Waals surface area contributed by atoms with Crippen molar-refractivity contribution < 1.29 is 18.0 Å². The zero-order valence-corrected chi connectivity index (χ0v) is 19.8. The largest absolute Gasteiger partial charge is 0.330 e. The summed E-state index contributed by atoms with van der Waals surface area (Å²) in [6.45, 7) is 1.59. The molecule has 3 aromatic rings. The molecular weight excluding hydrogens is 452 g/mol. The maximum atomic E-state index is 14.0. The molecule has 2 amide bonds. The van der Waals surface area contributed by atoms with E-state index in [1.165, 1.54) is 22.8 Å². The van der Waals surface area contributed by atoms with Gasteiger partial charge in [0.05, 0.1) is 11.8 Å². The highest BCUT2D eigenvalue weighted by Gasteiger charge is 2.37. The smallest absolute Gasteiger partial charge is 0.250 e. The molecule has 4 rings (SSSR count). The van der Waals surface area contributed by atoms with E-state index in [1.807, 2.05) is 53.4 Å². The number of amides is 2. The highest BCUT2D eigenvalue weighted by atomic mass is 32.2. The monoisotopic (exact) mass is 478 g/mol. The molecule has 2 aromatic heterocycles. The topological polar surface area (TPSA) is 92.6 Å². The first-order valence-corrected chi connectivity index (χ1v) is 12.5. The average Bonchev–Trinajstić information content (AvgIpc) is 3.48. The highest BCUT2D eigenvalue weighted by Crippen LogP contribution is 2.28. The number of hydrogen-bond donors (Lipinski definition) is 0. The summed E-state index contributed by atoms with van der Waals surface area (Å²) in [6, 6.07) is 13.3. The highest BCUT2D eigenvalue weighted by molar-refractivity contribution is 7.94. The summed E-state index contributed by atoms with van der Waals surface area (Å²) in [7, 11) is -1.81. The molecule has 0 radical (unpaired) electrons. The SMILES string of the molecule is CC(=O)N(C)C(C(=O)N(Cc1ccncc1)C1C=CS(=O)(=O)C1)c1ccc(-n2cccc2)cc1. The van der Waals surface area contributed by atoms with Gasteiger partial charge in [-0.3, -0.25) is 14.6 Å². The molecule has 0 saturated heterocycles. The van der Waals surface area contributed by atoms with Gasteiger partial charge in [0.2, 0.25) is 5.91 Å². The van der Waals surface area contributed by atoms with Crippen LogP contribution >= 0.6 is 0 Å². The molecule has 0 saturated carbocycles. The maximum Gasteiger partial charge on any atom is 0.250 e. The van der Waals surface area contributed by atoms with E-state index in [-0.39, 0.29) is 24.1 Å². The van der Waals surface area contributed by atoms with Gasteiger partial charge in [-0.15, -0.1) is 0 Å². The number of hydrogen-bond acceptors (Lipinski definition) is 5. The van der Waals surface area contributed by atoms with Crippen LogP contribution in [-0.4, -0.2) is 58.4 Å². The number of sulfone groups is 1. The Bertz CT molecular complexity index is 1290. The van der Waals surface area contributed by atoms with Crippen LogP contribution < -0.4 is 0 Å². The predicted octanol–water partition coefficient (Wildman–Crippen LogP) is 2.73. The maximum absolute atomic E-state index is 14.0. The minimum absolute atomic E-state index is 0.188. The lowest BCUT2D eigenvalue weighted by Gasteiger charge is -2.35. The summed E-state index contributed by atoms with van der Waals surface area (Å²) in [5.41, 5.74) is 2.38. The molecule has 1 aliphatic rings. The van der Waals surface area contributed by atoms with Crippen LogP contribution in [0.1, 0.15) is 24.1 Å². The fourth-order valence-electron chi connectivity index (χ4n) is 4.00. The van der Waals surface area contributed by atoms with Crippen LogP contribution in [0.25, 0.3) is 5.69 Å². The van der Waals surface area contributed by atoms with Crippen molar-refractivity contribution in [1.29, 1.82) is 0 Å². The van der Waals surface area contributed by atoms with Crippen molar-refractivity contribution in [3.05, 3.63) is 95.9 Å². The minimum atomic E-state index is -3.39. The van der Waals surface area contributed by atoms with Gasteiger partial charge in [0, 0.05) is 56.4 Å². The second kappa shape index (κ2) is 9.64. The van der Waals surface area contributed by atoms with E-state index >= 15 is 0 Å². The molecule has 9 heteroatoms. The Hall–Kier alpha value is -3.72. The standard InChI is InChI=1S/C25H26N4O4S/c1-19(30)27(2)24(21-5-7-22(8-6-21)28-14-3-4-15-28)25(31)29(17-20-9-12-26-13-10-20)23-11-16-34(32,33)18-23/h3-16,23-24H,17-18H2,1-2H3. The van der Waals surface area contributed by atoms with Crippen LogP contribution in [0.5, 0.6) is 0 Å². The number of aromatic nitrogens is 2. The van der Waals surface area contributed by atoms with Crippen LogP contribution in [0, 0.1) is 0 Å². The fraction of sp³-hybridized carbons (Fsp3) is 0.240. The van der Waals surface area contributed by atoms with Crippen LogP contribution in [0.2, 0.25) is 0 Å². The lowest BCUT2D eigenvalue weighted by atomic mass is 10.0. The van der Waals surface area contributed by atoms with Crippen molar-refractivity contribution >= 4 is 21.7 Å². The number of pyridine rings is 1. The average molecular weight is 479 g/mol. The summed E-state index contributed by atoms with van der Waals surface area (Å²) < 4.78 is 26.2. The third-order valence-electron chi connectivity index (χ3n) is 5.93. The molecule has 3 heterocycles. The Morgan fingerprint density at radius 1 is 1.09 bits per heavy atom. The summed E-state index contributed by atoms with van der Waals surface area (Å²) in [5.74, 6) is -0.811. The summed E-state index contributed by atoms with van der Waals surface area (Å²) in [5, 5.41) is 1.15. The quantitative estimate of drug-likeness (QED) is 0.521. The molecular formula is C25H26N4O4S. The Balaban J connectivity index is 1.71. The van der Waals surface area contributed by atoms with E-state index in [1.54, 1.807) is 31.6 Å². The number of likely N-dealkylation sites (N-methyl/N-ethyl adjacent to an activating group) is 1. The van der Waals surface area contributed by atoms with Gasteiger partial charge in [-0.05, 0) is 53.6 Å². The molecule has 2 atom stereocenters. The van der Waals surface area contributed by atoms with E-state index in [9.17, 15) is 18.0 Å². The predicted molar refractivity (Wildman–Crippen MR) is 128 cm³/mol. The van der Waals surface area contributed by atoms with Crippen molar-refractivity contribution in [2.45, 2.75) is 25.6 Å². The van der Waals surface area contributed by atoms with Gasteiger partial charge >= 0.3 is 0 Å². The van der Waals surface area contributed by atoms with Gasteiger partial charge in [0.1, 0.15) is 6.04 Å². The summed E-state index contributed by atoms with van der Waals surface area (Å²) in [4.78, 5) is 33.3. The zero-order valence-electron chi connectivity index (χ0n) is 19.0. The number of carbonyl (C=O) groups excluding carboxylic acids is 2. The Morgan fingerprint density at radius 3 is 2.29 bits per heavy atom. The summed E-state index contributed by atoms with van der Waals surface area (Å²) in [6.07, 6.45) is 8.62. The van der Waals surface area contributed by atoms with Gasteiger partial charge in [-0.25, -0.2) is 8.42 Å². The van der Waals surface area contributed by atoms with Gasteiger partial charge in [0.25, 0.3) is 5.91 Å². The molecule has 176 valence electrons. The lowest BCUT2D eigenvalue weighted by molar-refractivity contribution is -0.145. The van der Waals surface area contributed by atoms with Crippen molar-refractivity contribution in [2.24, 2.45) is 0 Å². The zero-order chi connectivity index (χ0) is 24.3.